The van der Waals surface area contributed by atoms with E-state index in [1.807, 2.05) is 49.5 Å². The highest BCUT2D eigenvalue weighted by Crippen LogP contribution is 2.19. The molecule has 1 heterocycles. The van der Waals surface area contributed by atoms with E-state index in [0.717, 1.165) is 28.5 Å². The molecular weight excluding hydrogens is 374 g/mol. The molecular formula is C21H25N3O3S. The van der Waals surface area contributed by atoms with Gasteiger partial charge in [0.2, 0.25) is 15.9 Å². The minimum absolute atomic E-state index is 0.139. The number of hydrogen-bond acceptors (Lipinski definition) is 3. The first-order valence-electron chi connectivity index (χ1n) is 9.27. The lowest BCUT2D eigenvalue weighted by molar-refractivity contribution is -0.120. The Hall–Kier alpha value is -2.80. The average Bonchev–Trinajstić information content (AvgIpc) is 3.07. The Morgan fingerprint density at radius 2 is 1.82 bits per heavy atom. The van der Waals surface area contributed by atoms with E-state index < -0.39 is 10.0 Å². The van der Waals surface area contributed by atoms with Crippen molar-refractivity contribution in [3.8, 4) is 0 Å². The fourth-order valence-corrected chi connectivity index (χ4v) is 4.12. The minimum atomic E-state index is -3.44. The maximum Gasteiger partial charge on any atom is 0.232 e. The Morgan fingerprint density at radius 1 is 1.11 bits per heavy atom. The SMILES string of the molecule is CCc1ccc(N(CCNC(=O)Cc2c[nH]c3ccccc23)S(C)(=O)=O)cc1. The van der Waals surface area contributed by atoms with Crippen LogP contribution in [0.5, 0.6) is 0 Å². The van der Waals surface area contributed by atoms with Crippen LogP contribution in [0.2, 0.25) is 0 Å². The molecule has 148 valence electrons. The summed E-state index contributed by atoms with van der Waals surface area (Å²) in [6.45, 7) is 2.47. The first-order chi connectivity index (χ1) is 13.4. The number of sulfonamides is 1. The van der Waals surface area contributed by atoms with Crippen molar-refractivity contribution in [3.63, 3.8) is 0 Å². The van der Waals surface area contributed by atoms with Gasteiger partial charge in [0, 0.05) is 23.6 Å². The van der Waals surface area contributed by atoms with Gasteiger partial charge in [-0.1, -0.05) is 37.3 Å². The van der Waals surface area contributed by atoms with Crippen molar-refractivity contribution in [1.29, 1.82) is 0 Å². The van der Waals surface area contributed by atoms with Crippen LogP contribution in [0, 0.1) is 0 Å². The lowest BCUT2D eigenvalue weighted by Gasteiger charge is -2.22. The summed E-state index contributed by atoms with van der Waals surface area (Å²) in [7, 11) is -3.44. The van der Waals surface area contributed by atoms with E-state index in [4.69, 9.17) is 0 Å². The first kappa shape index (κ1) is 19.9. The fraction of sp³-hybridized carbons (Fsp3) is 0.286. The van der Waals surface area contributed by atoms with E-state index in [-0.39, 0.29) is 25.4 Å². The molecule has 0 unspecified atom stereocenters. The number of fused-ring (bicyclic) bond motifs is 1. The molecule has 28 heavy (non-hydrogen) atoms. The number of rotatable bonds is 8. The Kier molecular flexibility index (Phi) is 6.04. The standard InChI is InChI=1S/C21H25N3O3S/c1-3-16-8-10-18(11-9-16)24(28(2,26)27)13-12-22-21(25)14-17-15-23-20-7-5-4-6-19(17)20/h4-11,15,23H,3,12-14H2,1-2H3,(H,22,25). The molecule has 0 radical (unpaired) electrons. The average molecular weight is 400 g/mol. The van der Waals surface area contributed by atoms with Gasteiger partial charge in [-0.25, -0.2) is 8.42 Å². The van der Waals surface area contributed by atoms with Gasteiger partial charge in [-0.3, -0.25) is 9.10 Å². The van der Waals surface area contributed by atoms with Crippen molar-refractivity contribution in [3.05, 3.63) is 65.9 Å². The van der Waals surface area contributed by atoms with E-state index in [9.17, 15) is 13.2 Å². The molecule has 3 aromatic rings. The summed E-state index contributed by atoms with van der Waals surface area (Å²) in [5.41, 5.74) is 3.65. The second kappa shape index (κ2) is 8.48. The predicted octanol–water partition coefficient (Wildman–Crippen LogP) is 2.86. The summed E-state index contributed by atoms with van der Waals surface area (Å²) in [6.07, 6.45) is 4.15. The lowest BCUT2D eigenvalue weighted by atomic mass is 10.1. The van der Waals surface area contributed by atoms with Crippen LogP contribution < -0.4 is 9.62 Å². The van der Waals surface area contributed by atoms with Gasteiger partial charge in [0.05, 0.1) is 24.9 Å². The van der Waals surface area contributed by atoms with Gasteiger partial charge in [-0.05, 0) is 35.7 Å². The third kappa shape index (κ3) is 4.72. The first-order valence-corrected chi connectivity index (χ1v) is 11.1. The van der Waals surface area contributed by atoms with Crippen LogP contribution in [0.4, 0.5) is 5.69 Å². The Bertz CT molecular complexity index is 1060. The quantitative estimate of drug-likeness (QED) is 0.611. The van der Waals surface area contributed by atoms with Crippen LogP contribution in [0.3, 0.4) is 0 Å². The van der Waals surface area contributed by atoms with Crippen LogP contribution in [-0.2, 0) is 27.7 Å². The van der Waals surface area contributed by atoms with Crippen LogP contribution in [0.25, 0.3) is 10.9 Å². The van der Waals surface area contributed by atoms with Gasteiger partial charge in [-0.2, -0.15) is 0 Å². The Morgan fingerprint density at radius 3 is 2.50 bits per heavy atom. The highest BCUT2D eigenvalue weighted by atomic mass is 32.2. The number of aryl methyl sites for hydroxylation is 1. The van der Waals surface area contributed by atoms with E-state index >= 15 is 0 Å². The Balaban J connectivity index is 1.61. The number of nitrogens with zero attached hydrogens (tertiary/aromatic N) is 1. The van der Waals surface area contributed by atoms with Crippen LogP contribution >= 0.6 is 0 Å². The zero-order chi connectivity index (χ0) is 20.1. The Labute approximate surface area is 165 Å². The number of amides is 1. The number of benzene rings is 2. The number of H-pyrrole nitrogens is 1. The molecule has 3 rings (SSSR count). The van der Waals surface area contributed by atoms with Crippen LogP contribution in [0.1, 0.15) is 18.1 Å². The van der Waals surface area contributed by atoms with Crippen molar-refractivity contribution in [2.75, 3.05) is 23.7 Å². The summed E-state index contributed by atoms with van der Waals surface area (Å²) in [5.74, 6) is -0.139. The normalized spacial score (nSPS) is 11.5. The predicted molar refractivity (Wildman–Crippen MR) is 113 cm³/mol. The number of carbonyl (C=O) groups is 1. The maximum absolute atomic E-state index is 12.3. The summed E-state index contributed by atoms with van der Waals surface area (Å²) >= 11 is 0. The molecule has 0 atom stereocenters. The molecule has 1 amide bonds. The molecule has 2 N–H and O–H groups in total. The third-order valence-electron chi connectivity index (χ3n) is 4.70. The number of nitrogens with one attached hydrogen (secondary N) is 2. The van der Waals surface area contributed by atoms with E-state index in [2.05, 4.69) is 10.3 Å². The molecule has 2 aromatic carbocycles. The number of hydrogen-bond donors (Lipinski definition) is 2. The number of anilines is 1. The molecule has 0 saturated carbocycles. The van der Waals surface area contributed by atoms with Gasteiger partial charge >= 0.3 is 0 Å². The van der Waals surface area contributed by atoms with Crippen molar-refractivity contribution in [2.24, 2.45) is 0 Å². The number of para-hydroxylation sites is 1. The number of aromatic amines is 1. The van der Waals surface area contributed by atoms with E-state index in [1.54, 1.807) is 12.1 Å². The van der Waals surface area contributed by atoms with Crippen molar-refractivity contribution >= 4 is 32.5 Å². The van der Waals surface area contributed by atoms with E-state index in [0.29, 0.717) is 5.69 Å². The molecule has 0 fully saturated rings. The van der Waals surface area contributed by atoms with Gasteiger partial charge in [0.25, 0.3) is 0 Å². The molecule has 0 bridgehead atoms. The highest BCUT2D eigenvalue weighted by molar-refractivity contribution is 7.92. The summed E-state index contributed by atoms with van der Waals surface area (Å²) in [6, 6.07) is 15.2. The number of aromatic nitrogens is 1. The third-order valence-corrected chi connectivity index (χ3v) is 5.89. The van der Waals surface area contributed by atoms with Crippen molar-refractivity contribution in [2.45, 2.75) is 19.8 Å². The van der Waals surface area contributed by atoms with Gasteiger partial charge < -0.3 is 10.3 Å². The molecule has 0 saturated heterocycles. The van der Waals surface area contributed by atoms with Crippen LogP contribution in [0.15, 0.2) is 54.7 Å². The summed E-state index contributed by atoms with van der Waals surface area (Å²) in [4.78, 5) is 15.5. The molecule has 6 nitrogen and oxygen atoms in total. The maximum atomic E-state index is 12.3. The topological polar surface area (TPSA) is 82.3 Å². The van der Waals surface area contributed by atoms with Gasteiger partial charge in [-0.15, -0.1) is 0 Å². The fourth-order valence-electron chi connectivity index (χ4n) is 3.19. The second-order valence-corrected chi connectivity index (χ2v) is 8.65. The van der Waals surface area contributed by atoms with E-state index in [1.165, 1.54) is 10.6 Å². The van der Waals surface area contributed by atoms with Gasteiger partial charge in [0.15, 0.2) is 0 Å². The minimum Gasteiger partial charge on any atom is -0.361 e. The van der Waals surface area contributed by atoms with Crippen molar-refractivity contribution < 1.29 is 13.2 Å². The molecule has 0 aliphatic rings. The molecule has 1 aromatic heterocycles. The largest absolute Gasteiger partial charge is 0.361 e. The number of carbonyl (C=O) groups excluding carboxylic acids is 1. The molecule has 0 spiro atoms. The van der Waals surface area contributed by atoms with Crippen LogP contribution in [-0.4, -0.2) is 38.7 Å². The smallest absolute Gasteiger partial charge is 0.232 e. The lowest BCUT2D eigenvalue weighted by Crippen LogP contribution is -2.38. The zero-order valence-corrected chi connectivity index (χ0v) is 16.9. The summed E-state index contributed by atoms with van der Waals surface area (Å²) < 4.78 is 25.7. The second-order valence-electron chi connectivity index (χ2n) is 6.74. The van der Waals surface area contributed by atoms with Crippen molar-refractivity contribution in [1.82, 2.24) is 10.3 Å². The molecule has 0 aliphatic heterocycles. The summed E-state index contributed by atoms with van der Waals surface area (Å²) in [5, 5.41) is 3.84. The zero-order valence-electron chi connectivity index (χ0n) is 16.1. The monoisotopic (exact) mass is 399 g/mol. The van der Waals surface area contributed by atoms with Gasteiger partial charge in [0.1, 0.15) is 0 Å². The molecule has 0 aliphatic carbocycles. The molecule has 7 heteroatoms. The highest BCUT2D eigenvalue weighted by Gasteiger charge is 2.17.